The molecule has 1 saturated heterocycles. The minimum absolute atomic E-state index is 0. The third-order valence-electron chi connectivity index (χ3n) is 3.76. The summed E-state index contributed by atoms with van der Waals surface area (Å²) in [6.45, 7) is 12.0. The zero-order valence-electron chi connectivity index (χ0n) is 13.5. The molecule has 0 aromatic rings. The molecule has 1 unspecified atom stereocenters. The Morgan fingerprint density at radius 1 is 1.15 bits per heavy atom. The maximum Gasteiger partial charge on any atom is 0.191 e. The molecule has 1 fully saturated rings. The lowest BCUT2D eigenvalue weighted by Crippen LogP contribution is -2.40. The van der Waals surface area contributed by atoms with E-state index in [1.807, 2.05) is 0 Å². The van der Waals surface area contributed by atoms with Crippen LogP contribution in [0.25, 0.3) is 0 Å². The maximum absolute atomic E-state index is 4.75. The summed E-state index contributed by atoms with van der Waals surface area (Å²) >= 11 is 0. The van der Waals surface area contributed by atoms with Gasteiger partial charge >= 0.3 is 0 Å². The van der Waals surface area contributed by atoms with E-state index >= 15 is 0 Å². The lowest BCUT2D eigenvalue weighted by atomic mass is 10.2. The van der Waals surface area contributed by atoms with E-state index in [2.05, 4.69) is 36.3 Å². The van der Waals surface area contributed by atoms with Crippen molar-refractivity contribution in [2.75, 3.05) is 32.7 Å². The van der Waals surface area contributed by atoms with E-state index in [9.17, 15) is 0 Å². The number of unbranched alkanes of at least 4 members (excludes halogenated alkanes) is 1. The van der Waals surface area contributed by atoms with Crippen LogP contribution in [0, 0.1) is 0 Å². The van der Waals surface area contributed by atoms with Gasteiger partial charge in [0.1, 0.15) is 0 Å². The van der Waals surface area contributed by atoms with E-state index < -0.39 is 0 Å². The molecule has 0 bridgehead atoms. The van der Waals surface area contributed by atoms with Gasteiger partial charge in [-0.25, -0.2) is 0 Å². The molecular formula is C15H33IN4. The normalized spacial score (nSPS) is 17.6. The van der Waals surface area contributed by atoms with Crippen molar-refractivity contribution in [2.24, 2.45) is 4.99 Å². The second-order valence-electron chi connectivity index (χ2n) is 5.31. The standard InChI is InChI=1S/C15H32N4.HI/c1-4-7-10-17-15(16-6-3)18-13-14(5-2)19-11-8-9-12-19;/h14H,4-13H2,1-3H3,(H2,16,17,18);1H. The predicted octanol–water partition coefficient (Wildman–Crippen LogP) is 2.83. The van der Waals surface area contributed by atoms with Crippen molar-refractivity contribution >= 4 is 29.9 Å². The highest BCUT2D eigenvalue weighted by Gasteiger charge is 2.19. The maximum atomic E-state index is 4.75. The number of aliphatic imine (C=N–C) groups is 1. The molecule has 1 aliphatic heterocycles. The Balaban J connectivity index is 0.00000361. The van der Waals surface area contributed by atoms with Crippen LogP contribution in [0.4, 0.5) is 0 Å². The summed E-state index contributed by atoms with van der Waals surface area (Å²) in [6, 6.07) is 0.615. The van der Waals surface area contributed by atoms with Gasteiger partial charge in [0, 0.05) is 19.1 Å². The average molecular weight is 396 g/mol. The molecule has 5 heteroatoms. The van der Waals surface area contributed by atoms with Gasteiger partial charge in [0.25, 0.3) is 0 Å². The van der Waals surface area contributed by atoms with Crippen LogP contribution in [-0.4, -0.2) is 49.6 Å². The molecule has 0 aromatic carbocycles. The second-order valence-corrected chi connectivity index (χ2v) is 5.31. The van der Waals surface area contributed by atoms with E-state index in [0.717, 1.165) is 25.6 Å². The highest BCUT2D eigenvalue weighted by molar-refractivity contribution is 14.0. The van der Waals surface area contributed by atoms with Crippen LogP contribution in [0.3, 0.4) is 0 Å². The molecule has 1 rings (SSSR count). The molecule has 1 atom stereocenters. The summed E-state index contributed by atoms with van der Waals surface area (Å²) in [6.07, 6.45) is 6.33. The molecule has 1 aliphatic rings. The number of hydrogen-bond acceptors (Lipinski definition) is 2. The van der Waals surface area contributed by atoms with E-state index in [4.69, 9.17) is 4.99 Å². The van der Waals surface area contributed by atoms with Crippen molar-refractivity contribution in [2.45, 2.75) is 58.9 Å². The Morgan fingerprint density at radius 3 is 2.40 bits per heavy atom. The number of rotatable bonds is 8. The summed E-state index contributed by atoms with van der Waals surface area (Å²) in [5.41, 5.74) is 0. The summed E-state index contributed by atoms with van der Waals surface area (Å²) in [5.74, 6) is 0.980. The van der Waals surface area contributed by atoms with Gasteiger partial charge in [0.15, 0.2) is 5.96 Å². The minimum atomic E-state index is 0. The van der Waals surface area contributed by atoms with Gasteiger partial charge in [-0.2, -0.15) is 0 Å². The first-order valence-electron chi connectivity index (χ1n) is 8.08. The number of likely N-dealkylation sites (tertiary alicyclic amines) is 1. The van der Waals surface area contributed by atoms with E-state index in [1.165, 1.54) is 45.2 Å². The van der Waals surface area contributed by atoms with Gasteiger partial charge in [-0.1, -0.05) is 20.3 Å². The first kappa shape index (κ1) is 20.0. The fourth-order valence-corrected chi connectivity index (χ4v) is 2.53. The van der Waals surface area contributed by atoms with Crippen LogP contribution < -0.4 is 10.6 Å². The van der Waals surface area contributed by atoms with Gasteiger partial charge < -0.3 is 10.6 Å². The average Bonchev–Trinajstić information content (AvgIpc) is 2.93. The zero-order chi connectivity index (χ0) is 13.9. The first-order chi connectivity index (χ1) is 9.31. The summed E-state index contributed by atoms with van der Waals surface area (Å²) < 4.78 is 0. The fraction of sp³-hybridized carbons (Fsp3) is 0.933. The molecule has 2 N–H and O–H groups in total. The molecule has 0 aromatic heterocycles. The van der Waals surface area contributed by atoms with Gasteiger partial charge in [0.05, 0.1) is 6.54 Å². The highest BCUT2D eigenvalue weighted by atomic mass is 127. The molecule has 0 radical (unpaired) electrons. The lowest BCUT2D eigenvalue weighted by molar-refractivity contribution is 0.242. The monoisotopic (exact) mass is 396 g/mol. The van der Waals surface area contributed by atoms with Crippen molar-refractivity contribution < 1.29 is 0 Å². The van der Waals surface area contributed by atoms with E-state index in [-0.39, 0.29) is 24.0 Å². The van der Waals surface area contributed by atoms with Crippen molar-refractivity contribution in [1.29, 1.82) is 0 Å². The Morgan fingerprint density at radius 2 is 1.85 bits per heavy atom. The van der Waals surface area contributed by atoms with Gasteiger partial charge in [-0.3, -0.25) is 9.89 Å². The number of guanidine groups is 1. The minimum Gasteiger partial charge on any atom is -0.357 e. The van der Waals surface area contributed by atoms with Crippen molar-refractivity contribution in [3.8, 4) is 0 Å². The predicted molar refractivity (Wildman–Crippen MR) is 99.2 cm³/mol. The van der Waals surface area contributed by atoms with Gasteiger partial charge in [-0.05, 0) is 45.7 Å². The highest BCUT2D eigenvalue weighted by Crippen LogP contribution is 2.14. The summed E-state index contributed by atoms with van der Waals surface area (Å²) in [4.78, 5) is 7.35. The van der Waals surface area contributed by atoms with E-state index in [0.29, 0.717) is 6.04 Å². The number of hydrogen-bond donors (Lipinski definition) is 2. The topological polar surface area (TPSA) is 39.7 Å². The van der Waals surface area contributed by atoms with Crippen LogP contribution in [0.2, 0.25) is 0 Å². The van der Waals surface area contributed by atoms with Crippen LogP contribution >= 0.6 is 24.0 Å². The molecule has 0 amide bonds. The van der Waals surface area contributed by atoms with Crippen molar-refractivity contribution in [3.63, 3.8) is 0 Å². The number of nitrogens with zero attached hydrogens (tertiary/aromatic N) is 2. The molecule has 4 nitrogen and oxygen atoms in total. The van der Waals surface area contributed by atoms with Crippen LogP contribution in [0.5, 0.6) is 0 Å². The molecular weight excluding hydrogens is 363 g/mol. The lowest BCUT2D eigenvalue weighted by Gasteiger charge is -2.25. The Kier molecular flexibility index (Phi) is 12.7. The molecule has 1 heterocycles. The van der Waals surface area contributed by atoms with Crippen LogP contribution in [0.15, 0.2) is 4.99 Å². The Bertz CT molecular complexity index is 252. The Labute approximate surface area is 142 Å². The largest absolute Gasteiger partial charge is 0.357 e. The first-order valence-corrected chi connectivity index (χ1v) is 8.08. The summed E-state index contributed by atoms with van der Waals surface area (Å²) in [5, 5.41) is 6.74. The molecule has 0 aliphatic carbocycles. The van der Waals surface area contributed by atoms with Crippen molar-refractivity contribution in [3.05, 3.63) is 0 Å². The second kappa shape index (κ2) is 12.7. The third-order valence-corrected chi connectivity index (χ3v) is 3.76. The van der Waals surface area contributed by atoms with Gasteiger partial charge in [0.2, 0.25) is 0 Å². The number of halogens is 1. The number of nitrogens with one attached hydrogen (secondary N) is 2. The zero-order valence-corrected chi connectivity index (χ0v) is 15.8. The van der Waals surface area contributed by atoms with Gasteiger partial charge in [-0.15, -0.1) is 24.0 Å². The Hall–Kier alpha value is -0.0400. The van der Waals surface area contributed by atoms with Crippen molar-refractivity contribution in [1.82, 2.24) is 15.5 Å². The smallest absolute Gasteiger partial charge is 0.191 e. The summed E-state index contributed by atoms with van der Waals surface area (Å²) in [7, 11) is 0. The molecule has 120 valence electrons. The van der Waals surface area contributed by atoms with Crippen LogP contribution in [-0.2, 0) is 0 Å². The quantitative estimate of drug-likeness (QED) is 0.287. The molecule has 0 saturated carbocycles. The molecule has 20 heavy (non-hydrogen) atoms. The SMILES string of the molecule is CCCCNC(=NCC(CC)N1CCCC1)NCC.I. The molecule has 0 spiro atoms. The van der Waals surface area contributed by atoms with Crippen LogP contribution in [0.1, 0.15) is 52.9 Å². The third kappa shape index (κ3) is 7.67. The van der Waals surface area contributed by atoms with E-state index in [1.54, 1.807) is 0 Å². The fourth-order valence-electron chi connectivity index (χ4n) is 2.53.